The number of allylic oxidation sites excluding steroid dienone is 2. The summed E-state index contributed by atoms with van der Waals surface area (Å²) in [6, 6.07) is 0. The summed E-state index contributed by atoms with van der Waals surface area (Å²) >= 11 is 0. The van der Waals surface area contributed by atoms with Crippen molar-refractivity contribution in [3.63, 3.8) is 0 Å². The maximum Gasteiger partial charge on any atom is 0.129 e. The van der Waals surface area contributed by atoms with E-state index in [0.717, 1.165) is 18.8 Å². The first-order valence-electron chi connectivity index (χ1n) is 15.9. The molecule has 0 heterocycles. The molecule has 2 nitrogen and oxygen atoms in total. The second kappa shape index (κ2) is 27.9. The molecule has 2 heteroatoms. The molecule has 0 saturated carbocycles. The van der Waals surface area contributed by atoms with Gasteiger partial charge in [0.05, 0.1) is 0 Å². The molecule has 0 saturated heterocycles. The van der Waals surface area contributed by atoms with Gasteiger partial charge in [-0.25, -0.2) is 0 Å². The van der Waals surface area contributed by atoms with E-state index in [-0.39, 0.29) is 0 Å². The monoisotopic (exact) mass is 492 g/mol. The minimum Gasteiger partial charge on any atom is -0.309 e. The zero-order valence-corrected chi connectivity index (χ0v) is 24.8. The summed E-state index contributed by atoms with van der Waals surface area (Å²) in [5.41, 5.74) is 0. The minimum absolute atomic E-state index is 0.350. The fraction of sp³-hybridized carbons (Fsp3) is 0.909. The molecule has 0 aliphatic heterocycles. The van der Waals surface area contributed by atoms with Crippen LogP contribution in [-0.2, 0) is 4.79 Å². The number of ketones is 1. The lowest BCUT2D eigenvalue weighted by Crippen LogP contribution is -2.14. The summed E-state index contributed by atoms with van der Waals surface area (Å²) in [6.45, 7) is 5.22. The van der Waals surface area contributed by atoms with Crippen LogP contribution in [0.1, 0.15) is 168 Å². The predicted octanol–water partition coefficient (Wildman–Crippen LogP) is 10.7. The first-order valence-corrected chi connectivity index (χ1v) is 15.9. The van der Waals surface area contributed by atoms with Gasteiger partial charge in [-0.15, -0.1) is 0 Å². The number of carbonyl (C=O) groups is 1. The van der Waals surface area contributed by atoms with Crippen molar-refractivity contribution < 1.29 is 4.79 Å². The van der Waals surface area contributed by atoms with Crippen LogP contribution in [0.3, 0.4) is 0 Å². The van der Waals surface area contributed by atoms with E-state index < -0.39 is 0 Å². The highest BCUT2D eigenvalue weighted by atomic mass is 16.1. The highest BCUT2D eigenvalue weighted by Gasteiger charge is 2.09. The van der Waals surface area contributed by atoms with Crippen LogP contribution in [0, 0.1) is 5.92 Å². The van der Waals surface area contributed by atoms with Gasteiger partial charge >= 0.3 is 0 Å². The molecule has 0 amide bonds. The van der Waals surface area contributed by atoms with Crippen molar-refractivity contribution in [2.45, 2.75) is 168 Å². The molecule has 0 fully saturated rings. The van der Waals surface area contributed by atoms with Gasteiger partial charge in [-0.3, -0.25) is 0 Å². The van der Waals surface area contributed by atoms with Crippen molar-refractivity contribution in [1.29, 1.82) is 0 Å². The number of hydrogen-bond acceptors (Lipinski definition) is 2. The standard InChI is InChI=1S/C33H65NO/c1-5-6-7-8-9-10-11-12-13-14-15-16-17-18-19-20-24-28-33(30-26-31-34(3)4)29-25-22-21-23-27-32(2)35/h9-10,33H,5-8,11-31H2,1-4H3/b10-9-. The molecule has 1 atom stereocenters. The Morgan fingerprint density at radius 1 is 0.600 bits per heavy atom. The summed E-state index contributed by atoms with van der Waals surface area (Å²) in [4.78, 5) is 13.4. The maximum atomic E-state index is 11.1. The van der Waals surface area contributed by atoms with E-state index in [1.165, 1.54) is 148 Å². The van der Waals surface area contributed by atoms with E-state index in [2.05, 4.69) is 38.1 Å². The van der Waals surface area contributed by atoms with E-state index in [9.17, 15) is 4.79 Å². The molecule has 0 radical (unpaired) electrons. The summed E-state index contributed by atoms with van der Waals surface area (Å²) < 4.78 is 0. The smallest absolute Gasteiger partial charge is 0.129 e. The van der Waals surface area contributed by atoms with E-state index in [1.807, 2.05) is 0 Å². The van der Waals surface area contributed by atoms with Crippen LogP contribution in [0.5, 0.6) is 0 Å². The second-order valence-electron chi connectivity index (χ2n) is 11.5. The van der Waals surface area contributed by atoms with Crippen molar-refractivity contribution in [2.24, 2.45) is 5.92 Å². The highest BCUT2D eigenvalue weighted by molar-refractivity contribution is 5.75. The Morgan fingerprint density at radius 3 is 1.51 bits per heavy atom. The van der Waals surface area contributed by atoms with E-state index in [1.54, 1.807) is 6.92 Å². The zero-order valence-electron chi connectivity index (χ0n) is 24.8. The lowest BCUT2D eigenvalue weighted by Gasteiger charge is -2.18. The molecule has 0 aromatic rings. The summed E-state index contributed by atoms with van der Waals surface area (Å²) in [6.07, 6.45) is 37.2. The van der Waals surface area contributed by atoms with Crippen LogP contribution in [0.15, 0.2) is 12.2 Å². The lowest BCUT2D eigenvalue weighted by atomic mass is 9.90. The van der Waals surface area contributed by atoms with Gasteiger partial charge in [-0.1, -0.05) is 122 Å². The zero-order chi connectivity index (χ0) is 25.8. The van der Waals surface area contributed by atoms with Crippen molar-refractivity contribution in [2.75, 3.05) is 20.6 Å². The molecule has 0 spiro atoms. The van der Waals surface area contributed by atoms with Gasteiger partial charge in [0.25, 0.3) is 0 Å². The molecule has 0 bridgehead atoms. The first kappa shape index (κ1) is 34.4. The van der Waals surface area contributed by atoms with Gasteiger partial charge in [0.15, 0.2) is 0 Å². The fourth-order valence-electron chi connectivity index (χ4n) is 5.15. The molecular formula is C33H65NO. The Hall–Kier alpha value is -0.630. The number of carbonyl (C=O) groups excluding carboxylic acids is 1. The molecule has 35 heavy (non-hydrogen) atoms. The van der Waals surface area contributed by atoms with Crippen LogP contribution < -0.4 is 0 Å². The van der Waals surface area contributed by atoms with Crippen LogP contribution in [0.25, 0.3) is 0 Å². The van der Waals surface area contributed by atoms with Gasteiger partial charge in [0, 0.05) is 6.42 Å². The number of rotatable bonds is 28. The van der Waals surface area contributed by atoms with Gasteiger partial charge < -0.3 is 9.69 Å². The quantitative estimate of drug-likeness (QED) is 0.0801. The van der Waals surface area contributed by atoms with Crippen molar-refractivity contribution in [3.8, 4) is 0 Å². The Morgan fingerprint density at radius 2 is 1.03 bits per heavy atom. The molecule has 0 aromatic carbocycles. The Kier molecular flexibility index (Phi) is 27.4. The first-order chi connectivity index (χ1) is 17.1. The largest absolute Gasteiger partial charge is 0.309 e. The summed E-state index contributed by atoms with van der Waals surface area (Å²) in [7, 11) is 4.38. The molecule has 0 rings (SSSR count). The third-order valence-electron chi connectivity index (χ3n) is 7.48. The highest BCUT2D eigenvalue weighted by Crippen LogP contribution is 2.23. The fourth-order valence-corrected chi connectivity index (χ4v) is 5.15. The molecule has 208 valence electrons. The normalized spacial score (nSPS) is 12.7. The van der Waals surface area contributed by atoms with Crippen molar-refractivity contribution in [1.82, 2.24) is 4.90 Å². The maximum absolute atomic E-state index is 11.1. The average molecular weight is 492 g/mol. The van der Waals surface area contributed by atoms with Gasteiger partial charge in [0.1, 0.15) is 5.78 Å². The van der Waals surface area contributed by atoms with Crippen LogP contribution >= 0.6 is 0 Å². The van der Waals surface area contributed by atoms with E-state index >= 15 is 0 Å². The molecule has 0 aromatic heterocycles. The lowest BCUT2D eigenvalue weighted by molar-refractivity contribution is -0.117. The van der Waals surface area contributed by atoms with E-state index in [4.69, 9.17) is 0 Å². The Labute approximate surface area is 222 Å². The predicted molar refractivity (Wildman–Crippen MR) is 158 cm³/mol. The number of Topliss-reactive ketones (excluding diaryl/α,β-unsaturated/α-hetero) is 1. The Bertz CT molecular complexity index is 456. The number of nitrogens with zero attached hydrogens (tertiary/aromatic N) is 1. The number of hydrogen-bond donors (Lipinski definition) is 0. The summed E-state index contributed by atoms with van der Waals surface area (Å²) in [5.74, 6) is 1.27. The summed E-state index contributed by atoms with van der Waals surface area (Å²) in [5, 5.41) is 0. The SMILES string of the molecule is CCCCC/C=C\CCCCCCCCCCCCC(CCCCCCC(C)=O)CCCN(C)C. The van der Waals surface area contributed by atoms with Crippen LogP contribution in [-0.4, -0.2) is 31.3 Å². The average Bonchev–Trinajstić information content (AvgIpc) is 2.82. The van der Waals surface area contributed by atoms with Gasteiger partial charge in [-0.2, -0.15) is 0 Å². The number of unbranched alkanes of at least 4 members (excludes halogenated alkanes) is 16. The Balaban J connectivity index is 3.63. The molecule has 1 unspecified atom stereocenters. The minimum atomic E-state index is 0.350. The molecular weight excluding hydrogens is 426 g/mol. The van der Waals surface area contributed by atoms with Crippen molar-refractivity contribution in [3.05, 3.63) is 12.2 Å². The van der Waals surface area contributed by atoms with Crippen LogP contribution in [0.2, 0.25) is 0 Å². The molecule has 0 aliphatic rings. The third-order valence-corrected chi connectivity index (χ3v) is 7.48. The molecule has 0 N–H and O–H groups in total. The van der Waals surface area contributed by atoms with E-state index in [0.29, 0.717) is 5.78 Å². The third kappa shape index (κ3) is 29.5. The van der Waals surface area contributed by atoms with Gasteiger partial charge in [0.2, 0.25) is 0 Å². The van der Waals surface area contributed by atoms with Crippen LogP contribution in [0.4, 0.5) is 0 Å². The second-order valence-corrected chi connectivity index (χ2v) is 11.5. The topological polar surface area (TPSA) is 20.3 Å². The molecule has 0 aliphatic carbocycles. The van der Waals surface area contributed by atoms with Crippen molar-refractivity contribution >= 4 is 5.78 Å². The van der Waals surface area contributed by atoms with Gasteiger partial charge in [-0.05, 0) is 78.4 Å².